The van der Waals surface area contributed by atoms with E-state index in [1.807, 2.05) is 6.92 Å². The number of halogens is 2. The molecule has 2 rings (SSSR count). The third-order valence-corrected chi connectivity index (χ3v) is 4.91. The highest BCUT2D eigenvalue weighted by atomic mass is 79.9. The molecule has 0 heterocycles. The molecular formula is C15H19BrFNO. The maximum atomic E-state index is 13.6. The summed E-state index contributed by atoms with van der Waals surface area (Å²) in [5, 5.41) is 2.86. The summed E-state index contributed by atoms with van der Waals surface area (Å²) >= 11 is 3.66. The average Bonchev–Trinajstić information content (AvgIpc) is 2.40. The fraction of sp³-hybridized carbons (Fsp3) is 0.533. The van der Waals surface area contributed by atoms with Crippen molar-refractivity contribution in [2.45, 2.75) is 37.4 Å². The molecule has 1 aliphatic carbocycles. The van der Waals surface area contributed by atoms with Crippen LogP contribution in [-0.2, 0) is 0 Å². The second-order valence-electron chi connectivity index (χ2n) is 5.25. The first-order chi connectivity index (χ1) is 9.08. The number of rotatable bonds is 3. The lowest BCUT2D eigenvalue weighted by molar-refractivity contribution is 0.0940. The van der Waals surface area contributed by atoms with Gasteiger partial charge in [-0.1, -0.05) is 40.4 Å². The number of aryl methyl sites for hydroxylation is 1. The molecule has 0 saturated heterocycles. The second-order valence-corrected chi connectivity index (χ2v) is 6.43. The predicted octanol–water partition coefficient (Wildman–Crippen LogP) is 3.82. The van der Waals surface area contributed by atoms with Gasteiger partial charge in [0.1, 0.15) is 5.82 Å². The van der Waals surface area contributed by atoms with Crippen molar-refractivity contribution in [2.75, 3.05) is 6.54 Å². The molecular weight excluding hydrogens is 309 g/mol. The van der Waals surface area contributed by atoms with Gasteiger partial charge in [-0.2, -0.15) is 0 Å². The molecule has 2 atom stereocenters. The Hall–Kier alpha value is -0.900. The van der Waals surface area contributed by atoms with Crippen LogP contribution in [0, 0.1) is 18.7 Å². The number of benzene rings is 1. The van der Waals surface area contributed by atoms with E-state index in [-0.39, 0.29) is 11.5 Å². The number of carbonyl (C=O) groups is 1. The van der Waals surface area contributed by atoms with Crippen LogP contribution in [-0.4, -0.2) is 17.3 Å². The monoisotopic (exact) mass is 327 g/mol. The number of amides is 1. The summed E-state index contributed by atoms with van der Waals surface area (Å²) in [7, 11) is 0. The molecule has 4 heteroatoms. The van der Waals surface area contributed by atoms with Gasteiger partial charge in [0, 0.05) is 11.4 Å². The summed E-state index contributed by atoms with van der Waals surface area (Å²) in [5.74, 6) is -0.320. The lowest BCUT2D eigenvalue weighted by Gasteiger charge is -2.27. The summed E-state index contributed by atoms with van der Waals surface area (Å²) in [6, 6.07) is 4.61. The number of alkyl halides is 1. The van der Waals surface area contributed by atoms with Gasteiger partial charge in [-0.15, -0.1) is 0 Å². The number of nitrogens with one attached hydrogen (secondary N) is 1. The van der Waals surface area contributed by atoms with Crippen molar-refractivity contribution in [2.24, 2.45) is 5.92 Å². The summed E-state index contributed by atoms with van der Waals surface area (Å²) in [4.78, 5) is 12.5. The van der Waals surface area contributed by atoms with Crippen molar-refractivity contribution >= 4 is 21.8 Å². The van der Waals surface area contributed by atoms with Gasteiger partial charge in [0.15, 0.2) is 0 Å². The van der Waals surface area contributed by atoms with E-state index in [1.165, 1.54) is 18.9 Å². The standard InChI is InChI=1S/C15H19BrFNO/c1-10-6-7-14(17)12(8-10)15(19)18-9-11-4-2-3-5-13(11)16/h6-8,11,13H,2-5,9H2,1H3,(H,18,19). The van der Waals surface area contributed by atoms with E-state index < -0.39 is 5.82 Å². The van der Waals surface area contributed by atoms with Gasteiger partial charge < -0.3 is 5.32 Å². The molecule has 1 aromatic rings. The Morgan fingerprint density at radius 3 is 2.89 bits per heavy atom. The molecule has 1 N–H and O–H groups in total. The maximum absolute atomic E-state index is 13.6. The first-order valence-electron chi connectivity index (χ1n) is 6.76. The van der Waals surface area contributed by atoms with Gasteiger partial charge in [-0.25, -0.2) is 4.39 Å². The topological polar surface area (TPSA) is 29.1 Å². The van der Waals surface area contributed by atoms with Crippen LogP contribution in [0.2, 0.25) is 0 Å². The predicted molar refractivity (Wildman–Crippen MR) is 78.1 cm³/mol. The van der Waals surface area contributed by atoms with Gasteiger partial charge in [0.25, 0.3) is 5.91 Å². The molecule has 2 nitrogen and oxygen atoms in total. The summed E-state index contributed by atoms with van der Waals surface area (Å²) in [5.41, 5.74) is 1.03. The van der Waals surface area contributed by atoms with E-state index in [9.17, 15) is 9.18 Å². The van der Waals surface area contributed by atoms with Crippen molar-refractivity contribution in [3.63, 3.8) is 0 Å². The van der Waals surface area contributed by atoms with Crippen LogP contribution >= 0.6 is 15.9 Å². The quantitative estimate of drug-likeness (QED) is 0.840. The zero-order valence-electron chi connectivity index (χ0n) is 11.1. The fourth-order valence-electron chi connectivity index (χ4n) is 2.52. The molecule has 1 aliphatic rings. The van der Waals surface area contributed by atoms with Crippen LogP contribution < -0.4 is 5.32 Å². The van der Waals surface area contributed by atoms with E-state index in [2.05, 4.69) is 21.2 Å². The highest BCUT2D eigenvalue weighted by Gasteiger charge is 2.23. The molecule has 1 fully saturated rings. The Labute approximate surface area is 121 Å². The summed E-state index contributed by atoms with van der Waals surface area (Å²) in [6.07, 6.45) is 4.72. The van der Waals surface area contributed by atoms with Crippen LogP contribution in [0.1, 0.15) is 41.6 Å². The molecule has 1 amide bonds. The van der Waals surface area contributed by atoms with Crippen LogP contribution in [0.4, 0.5) is 4.39 Å². The van der Waals surface area contributed by atoms with Gasteiger partial charge in [-0.05, 0) is 37.8 Å². The smallest absolute Gasteiger partial charge is 0.254 e. The lowest BCUT2D eigenvalue weighted by atomic mass is 9.89. The van der Waals surface area contributed by atoms with Crippen LogP contribution in [0.5, 0.6) is 0 Å². The number of carbonyl (C=O) groups excluding carboxylic acids is 1. The Bertz CT molecular complexity index is 463. The number of hydrogen-bond donors (Lipinski definition) is 1. The Balaban J connectivity index is 1.95. The molecule has 19 heavy (non-hydrogen) atoms. The van der Waals surface area contributed by atoms with Crippen molar-refractivity contribution < 1.29 is 9.18 Å². The third-order valence-electron chi connectivity index (χ3n) is 3.71. The highest BCUT2D eigenvalue weighted by molar-refractivity contribution is 9.09. The minimum absolute atomic E-state index is 0.141. The molecule has 104 valence electrons. The molecule has 0 aliphatic heterocycles. The van der Waals surface area contributed by atoms with E-state index in [4.69, 9.17) is 0 Å². The first-order valence-corrected chi connectivity index (χ1v) is 7.68. The molecule has 1 saturated carbocycles. The zero-order valence-corrected chi connectivity index (χ0v) is 12.7. The van der Waals surface area contributed by atoms with Crippen LogP contribution in [0.3, 0.4) is 0 Å². The van der Waals surface area contributed by atoms with Crippen molar-refractivity contribution in [1.82, 2.24) is 5.32 Å². The minimum Gasteiger partial charge on any atom is -0.352 e. The Morgan fingerprint density at radius 2 is 2.16 bits per heavy atom. The first kappa shape index (κ1) is 14.5. The summed E-state index contributed by atoms with van der Waals surface area (Å²) < 4.78 is 13.6. The zero-order chi connectivity index (χ0) is 13.8. The van der Waals surface area contributed by atoms with Crippen LogP contribution in [0.15, 0.2) is 18.2 Å². The number of hydrogen-bond acceptors (Lipinski definition) is 1. The van der Waals surface area contributed by atoms with Crippen molar-refractivity contribution in [1.29, 1.82) is 0 Å². The largest absolute Gasteiger partial charge is 0.352 e. The van der Waals surface area contributed by atoms with Crippen molar-refractivity contribution in [3.8, 4) is 0 Å². The van der Waals surface area contributed by atoms with Crippen LogP contribution in [0.25, 0.3) is 0 Å². The molecule has 0 radical (unpaired) electrons. The fourth-order valence-corrected chi connectivity index (χ4v) is 3.30. The van der Waals surface area contributed by atoms with Crippen molar-refractivity contribution in [3.05, 3.63) is 35.1 Å². The van der Waals surface area contributed by atoms with Gasteiger partial charge in [0.2, 0.25) is 0 Å². The van der Waals surface area contributed by atoms with E-state index in [1.54, 1.807) is 12.1 Å². The maximum Gasteiger partial charge on any atom is 0.254 e. The molecule has 2 unspecified atom stereocenters. The minimum atomic E-state index is -0.456. The highest BCUT2D eigenvalue weighted by Crippen LogP contribution is 2.29. The van der Waals surface area contributed by atoms with E-state index >= 15 is 0 Å². The SMILES string of the molecule is Cc1ccc(F)c(C(=O)NCC2CCCCC2Br)c1. The Kier molecular flexibility index (Phi) is 4.97. The molecule has 0 spiro atoms. The Morgan fingerprint density at radius 1 is 1.42 bits per heavy atom. The van der Waals surface area contributed by atoms with Gasteiger partial charge in [-0.3, -0.25) is 4.79 Å². The van der Waals surface area contributed by atoms with E-state index in [0.717, 1.165) is 18.4 Å². The van der Waals surface area contributed by atoms with Gasteiger partial charge in [0.05, 0.1) is 5.56 Å². The molecule has 1 aromatic carbocycles. The summed E-state index contributed by atoms with van der Waals surface area (Å²) in [6.45, 7) is 2.47. The average molecular weight is 328 g/mol. The van der Waals surface area contributed by atoms with E-state index in [0.29, 0.717) is 17.3 Å². The molecule has 0 aromatic heterocycles. The third kappa shape index (κ3) is 3.78. The van der Waals surface area contributed by atoms with Gasteiger partial charge >= 0.3 is 0 Å². The molecule has 0 bridgehead atoms. The normalized spacial score (nSPS) is 23.1. The lowest BCUT2D eigenvalue weighted by Crippen LogP contribution is -2.34. The second kappa shape index (κ2) is 6.51.